The van der Waals surface area contributed by atoms with Crippen molar-refractivity contribution in [1.82, 2.24) is 10.4 Å². The van der Waals surface area contributed by atoms with Crippen molar-refractivity contribution in [3.05, 3.63) is 101 Å². The number of aromatic amines is 1. The standard InChI is InChI=1S/C25H22N4O2/c1-16-7-3-4-8-20(16)25(31)28-19-13-11-18(12-14-19)24(30)29-26-15-22-17(2)27-23-10-6-5-9-21(22)23/h3-15,27H,1-2H3,(H,28,31)(H,29,30). The van der Waals surface area contributed by atoms with Crippen LogP contribution in [0.15, 0.2) is 77.9 Å². The van der Waals surface area contributed by atoms with Gasteiger partial charge in [0.1, 0.15) is 0 Å². The van der Waals surface area contributed by atoms with Gasteiger partial charge in [0.15, 0.2) is 0 Å². The third-order valence-electron chi connectivity index (χ3n) is 5.10. The SMILES string of the molecule is Cc1ccccc1C(=O)Nc1ccc(C(=O)NN=Cc2c(C)[nH]c3ccccc23)cc1. The quantitative estimate of drug-likeness (QED) is 0.326. The number of aryl methyl sites for hydroxylation is 2. The number of nitrogens with zero attached hydrogens (tertiary/aromatic N) is 1. The first kappa shape index (κ1) is 20.1. The zero-order valence-corrected chi connectivity index (χ0v) is 17.3. The van der Waals surface area contributed by atoms with Gasteiger partial charge in [0.05, 0.1) is 6.21 Å². The molecule has 0 aliphatic carbocycles. The lowest BCUT2D eigenvalue weighted by atomic mass is 10.1. The average molecular weight is 410 g/mol. The molecule has 3 aromatic carbocycles. The van der Waals surface area contributed by atoms with E-state index in [1.807, 2.05) is 56.3 Å². The molecule has 0 spiro atoms. The number of H-pyrrole nitrogens is 1. The van der Waals surface area contributed by atoms with Crippen LogP contribution in [0.2, 0.25) is 0 Å². The molecule has 6 nitrogen and oxygen atoms in total. The van der Waals surface area contributed by atoms with Crippen LogP contribution in [-0.2, 0) is 0 Å². The van der Waals surface area contributed by atoms with Crippen LogP contribution in [0.1, 0.15) is 37.5 Å². The first-order chi connectivity index (χ1) is 15.0. The number of hydrogen-bond donors (Lipinski definition) is 3. The maximum absolute atomic E-state index is 12.4. The van der Waals surface area contributed by atoms with Crippen LogP contribution >= 0.6 is 0 Å². The van der Waals surface area contributed by atoms with Crippen LogP contribution in [0.4, 0.5) is 5.69 Å². The summed E-state index contributed by atoms with van der Waals surface area (Å²) < 4.78 is 0. The van der Waals surface area contributed by atoms with E-state index >= 15 is 0 Å². The zero-order chi connectivity index (χ0) is 21.8. The van der Waals surface area contributed by atoms with Crippen LogP contribution in [0.5, 0.6) is 0 Å². The smallest absolute Gasteiger partial charge is 0.271 e. The number of hydrazone groups is 1. The van der Waals surface area contributed by atoms with Crippen molar-refractivity contribution in [1.29, 1.82) is 0 Å². The Bertz CT molecular complexity index is 1290. The third kappa shape index (κ3) is 4.38. The molecule has 4 rings (SSSR count). The number of carbonyl (C=O) groups excluding carboxylic acids is 2. The molecule has 31 heavy (non-hydrogen) atoms. The summed E-state index contributed by atoms with van der Waals surface area (Å²) in [6, 6.07) is 22.0. The van der Waals surface area contributed by atoms with Crippen LogP contribution in [0, 0.1) is 13.8 Å². The minimum absolute atomic E-state index is 0.186. The normalized spacial score (nSPS) is 11.0. The van der Waals surface area contributed by atoms with Crippen molar-refractivity contribution in [3.8, 4) is 0 Å². The fraction of sp³-hybridized carbons (Fsp3) is 0.0800. The Balaban J connectivity index is 1.40. The highest BCUT2D eigenvalue weighted by Crippen LogP contribution is 2.20. The van der Waals surface area contributed by atoms with E-state index in [1.54, 1.807) is 36.5 Å². The number of para-hydroxylation sites is 1. The van der Waals surface area contributed by atoms with E-state index < -0.39 is 0 Å². The number of anilines is 1. The lowest BCUT2D eigenvalue weighted by molar-refractivity contribution is 0.0954. The Morgan fingerprint density at radius 3 is 2.35 bits per heavy atom. The number of aromatic nitrogens is 1. The second-order valence-electron chi connectivity index (χ2n) is 7.25. The molecule has 0 saturated carbocycles. The third-order valence-corrected chi connectivity index (χ3v) is 5.10. The van der Waals surface area contributed by atoms with E-state index in [4.69, 9.17) is 0 Å². The van der Waals surface area contributed by atoms with E-state index in [0.717, 1.165) is 27.7 Å². The minimum Gasteiger partial charge on any atom is -0.358 e. The molecule has 0 unspecified atom stereocenters. The van der Waals surface area contributed by atoms with Crippen LogP contribution in [0.25, 0.3) is 10.9 Å². The number of fused-ring (bicyclic) bond motifs is 1. The Kier molecular flexibility index (Phi) is 5.62. The molecule has 0 aliphatic heterocycles. The molecule has 154 valence electrons. The first-order valence-electron chi connectivity index (χ1n) is 9.90. The van der Waals surface area contributed by atoms with Crippen LogP contribution in [0.3, 0.4) is 0 Å². The number of rotatable bonds is 5. The van der Waals surface area contributed by atoms with Gasteiger partial charge in [-0.2, -0.15) is 5.10 Å². The summed E-state index contributed by atoms with van der Waals surface area (Å²) in [4.78, 5) is 28.1. The fourth-order valence-corrected chi connectivity index (χ4v) is 3.42. The molecule has 0 saturated heterocycles. The summed E-state index contributed by atoms with van der Waals surface area (Å²) >= 11 is 0. The summed E-state index contributed by atoms with van der Waals surface area (Å²) in [7, 11) is 0. The van der Waals surface area contributed by atoms with E-state index in [2.05, 4.69) is 20.8 Å². The minimum atomic E-state index is -0.328. The largest absolute Gasteiger partial charge is 0.358 e. The van der Waals surface area contributed by atoms with Gasteiger partial charge < -0.3 is 10.3 Å². The molecule has 0 radical (unpaired) electrons. The van der Waals surface area contributed by atoms with Gasteiger partial charge in [0, 0.05) is 39.0 Å². The maximum Gasteiger partial charge on any atom is 0.271 e. The number of hydrogen-bond acceptors (Lipinski definition) is 3. The van der Waals surface area contributed by atoms with E-state index in [-0.39, 0.29) is 11.8 Å². The molecule has 4 aromatic rings. The lowest BCUT2D eigenvalue weighted by Crippen LogP contribution is -2.18. The highest BCUT2D eigenvalue weighted by Gasteiger charge is 2.10. The molecule has 1 aromatic heterocycles. The first-order valence-corrected chi connectivity index (χ1v) is 9.90. The van der Waals surface area contributed by atoms with Gasteiger partial charge in [-0.05, 0) is 55.8 Å². The van der Waals surface area contributed by atoms with Crippen molar-refractivity contribution in [2.24, 2.45) is 5.10 Å². The van der Waals surface area contributed by atoms with Gasteiger partial charge in [-0.15, -0.1) is 0 Å². The highest BCUT2D eigenvalue weighted by molar-refractivity contribution is 6.05. The predicted molar refractivity (Wildman–Crippen MR) is 124 cm³/mol. The molecular formula is C25H22N4O2. The van der Waals surface area contributed by atoms with Crippen molar-refractivity contribution in [2.45, 2.75) is 13.8 Å². The molecular weight excluding hydrogens is 388 g/mol. The number of amides is 2. The van der Waals surface area contributed by atoms with Gasteiger partial charge in [-0.3, -0.25) is 9.59 Å². The zero-order valence-electron chi connectivity index (χ0n) is 17.3. The summed E-state index contributed by atoms with van der Waals surface area (Å²) in [6.07, 6.45) is 1.64. The second-order valence-corrected chi connectivity index (χ2v) is 7.25. The molecule has 1 heterocycles. The van der Waals surface area contributed by atoms with E-state index in [1.165, 1.54) is 0 Å². The number of benzene rings is 3. The molecule has 0 bridgehead atoms. The Morgan fingerprint density at radius 1 is 0.871 bits per heavy atom. The van der Waals surface area contributed by atoms with E-state index in [9.17, 15) is 9.59 Å². The van der Waals surface area contributed by atoms with Crippen LogP contribution in [-0.4, -0.2) is 23.0 Å². The Hall–Kier alpha value is -4.19. The van der Waals surface area contributed by atoms with E-state index in [0.29, 0.717) is 16.8 Å². The van der Waals surface area contributed by atoms with Gasteiger partial charge in [0.25, 0.3) is 11.8 Å². The van der Waals surface area contributed by atoms with Gasteiger partial charge in [-0.1, -0.05) is 36.4 Å². The number of nitrogens with one attached hydrogen (secondary N) is 3. The summed E-state index contributed by atoms with van der Waals surface area (Å²) in [5.41, 5.74) is 8.07. The summed E-state index contributed by atoms with van der Waals surface area (Å²) in [5.74, 6) is -0.514. The van der Waals surface area contributed by atoms with Gasteiger partial charge in [-0.25, -0.2) is 5.43 Å². The monoisotopic (exact) mass is 410 g/mol. The molecule has 0 atom stereocenters. The van der Waals surface area contributed by atoms with Crippen molar-refractivity contribution >= 4 is 34.6 Å². The summed E-state index contributed by atoms with van der Waals surface area (Å²) in [5, 5.41) is 8.00. The highest BCUT2D eigenvalue weighted by atomic mass is 16.2. The second kappa shape index (κ2) is 8.67. The van der Waals surface area contributed by atoms with Crippen molar-refractivity contribution < 1.29 is 9.59 Å². The average Bonchev–Trinajstić information content (AvgIpc) is 3.09. The lowest BCUT2D eigenvalue weighted by Gasteiger charge is -2.08. The molecule has 2 amide bonds. The van der Waals surface area contributed by atoms with Crippen molar-refractivity contribution in [3.63, 3.8) is 0 Å². The topological polar surface area (TPSA) is 86.3 Å². The van der Waals surface area contributed by atoms with Gasteiger partial charge >= 0.3 is 0 Å². The fourth-order valence-electron chi connectivity index (χ4n) is 3.42. The predicted octanol–water partition coefficient (Wildman–Crippen LogP) is 4.80. The van der Waals surface area contributed by atoms with Crippen molar-refractivity contribution in [2.75, 3.05) is 5.32 Å². The molecule has 3 N–H and O–H groups in total. The van der Waals surface area contributed by atoms with Gasteiger partial charge in [0.2, 0.25) is 0 Å². The Morgan fingerprint density at radius 2 is 1.58 bits per heavy atom. The number of carbonyl (C=O) groups is 2. The summed E-state index contributed by atoms with van der Waals surface area (Å²) in [6.45, 7) is 3.85. The Labute approximate surface area is 180 Å². The molecule has 0 aliphatic rings. The molecule has 6 heteroatoms. The van der Waals surface area contributed by atoms with Crippen LogP contribution < -0.4 is 10.7 Å². The molecule has 0 fully saturated rings. The maximum atomic E-state index is 12.4.